The summed E-state index contributed by atoms with van der Waals surface area (Å²) in [7, 11) is 0. The highest BCUT2D eigenvalue weighted by Crippen LogP contribution is 2.17. The molecule has 0 aliphatic rings. The van der Waals surface area contributed by atoms with E-state index in [1.807, 2.05) is 12.2 Å². The first-order valence-electron chi connectivity index (χ1n) is 5.04. The first-order chi connectivity index (χ1) is 7.83. The van der Waals surface area contributed by atoms with Gasteiger partial charge in [0.1, 0.15) is 12.2 Å². The number of aryl methyl sites for hydroxylation is 1. The van der Waals surface area contributed by atoms with Crippen LogP contribution in [0.3, 0.4) is 0 Å². The Morgan fingerprint density at radius 1 is 1.53 bits per heavy atom. The Kier molecular flexibility index (Phi) is 4.62. The maximum atomic E-state index is 12.0. The third kappa shape index (κ3) is 4.41. The second-order valence-corrected chi connectivity index (χ2v) is 4.45. The summed E-state index contributed by atoms with van der Waals surface area (Å²) in [5, 5.41) is 1.85. The lowest BCUT2D eigenvalue weighted by Gasteiger charge is -2.10. The van der Waals surface area contributed by atoms with Gasteiger partial charge in [-0.2, -0.15) is 13.2 Å². The van der Waals surface area contributed by atoms with Crippen molar-refractivity contribution in [2.45, 2.75) is 26.1 Å². The topological polar surface area (TPSA) is 34.0 Å². The van der Waals surface area contributed by atoms with Crippen LogP contribution in [0.25, 0.3) is 0 Å². The van der Waals surface area contributed by atoms with E-state index in [0.29, 0.717) is 11.0 Å². The van der Waals surface area contributed by atoms with Crippen LogP contribution in [0.4, 0.5) is 13.2 Å². The minimum atomic E-state index is -4.39. The third-order valence-corrected chi connectivity index (χ3v) is 2.44. The molecule has 0 fully saturated rings. The number of carbonyl (C=O) groups is 1. The van der Waals surface area contributed by atoms with E-state index >= 15 is 0 Å². The molecule has 0 saturated heterocycles. The molecule has 17 heavy (non-hydrogen) atoms. The van der Waals surface area contributed by atoms with Gasteiger partial charge in [-0.25, -0.2) is 0 Å². The summed E-state index contributed by atoms with van der Waals surface area (Å²) >= 11 is 3.19. The van der Waals surface area contributed by atoms with E-state index in [-0.39, 0.29) is 5.69 Å². The largest absolute Gasteiger partial charge is 0.405 e. The predicted octanol–water partition coefficient (Wildman–Crippen LogP) is 2.95. The van der Waals surface area contributed by atoms with E-state index in [0.717, 1.165) is 6.42 Å². The van der Waals surface area contributed by atoms with Crippen LogP contribution in [-0.4, -0.2) is 23.2 Å². The highest BCUT2D eigenvalue weighted by Gasteiger charge is 2.28. The Hall–Kier alpha value is -0.980. The highest BCUT2D eigenvalue weighted by molar-refractivity contribution is 9.10. The monoisotopic (exact) mass is 312 g/mol. The van der Waals surface area contributed by atoms with E-state index in [4.69, 9.17) is 0 Å². The van der Waals surface area contributed by atoms with Crippen molar-refractivity contribution < 1.29 is 18.0 Å². The summed E-state index contributed by atoms with van der Waals surface area (Å²) in [5.41, 5.74) is 0.225. The number of rotatable bonds is 4. The molecule has 0 unspecified atom stereocenters. The van der Waals surface area contributed by atoms with E-state index in [1.165, 1.54) is 6.07 Å². The normalized spacial score (nSPS) is 11.6. The van der Waals surface area contributed by atoms with Crippen LogP contribution in [0, 0.1) is 0 Å². The molecule has 1 aromatic heterocycles. The number of nitrogens with one attached hydrogen (secondary N) is 1. The fourth-order valence-corrected chi connectivity index (χ4v) is 1.83. The first kappa shape index (κ1) is 14.1. The molecule has 1 heterocycles. The van der Waals surface area contributed by atoms with Crippen molar-refractivity contribution in [1.29, 1.82) is 0 Å². The van der Waals surface area contributed by atoms with Gasteiger partial charge in [0, 0.05) is 17.2 Å². The Bertz CT molecular complexity index is 401. The molecular formula is C10H12BrF3N2O. The van der Waals surface area contributed by atoms with Crippen molar-refractivity contribution in [2.75, 3.05) is 6.54 Å². The van der Waals surface area contributed by atoms with Crippen LogP contribution < -0.4 is 5.32 Å². The minimum Gasteiger partial charge on any atom is -0.342 e. The lowest BCUT2D eigenvalue weighted by Crippen LogP contribution is -2.34. The Balaban J connectivity index is 2.74. The van der Waals surface area contributed by atoms with E-state index in [1.54, 1.807) is 10.8 Å². The van der Waals surface area contributed by atoms with Crippen molar-refractivity contribution in [2.24, 2.45) is 0 Å². The van der Waals surface area contributed by atoms with Crippen molar-refractivity contribution in [1.82, 2.24) is 9.88 Å². The van der Waals surface area contributed by atoms with Gasteiger partial charge >= 0.3 is 6.18 Å². The minimum absolute atomic E-state index is 0.225. The standard InChI is InChI=1S/C10H12BrF3N2O/c1-2-3-16-5-7(11)4-8(16)9(17)15-6-10(12,13)14/h4-5H,2-3,6H2,1H3,(H,15,17). The van der Waals surface area contributed by atoms with Crippen molar-refractivity contribution in [3.8, 4) is 0 Å². The number of hydrogen-bond acceptors (Lipinski definition) is 1. The van der Waals surface area contributed by atoms with E-state index in [2.05, 4.69) is 15.9 Å². The lowest BCUT2D eigenvalue weighted by atomic mass is 10.3. The molecule has 0 aromatic carbocycles. The van der Waals surface area contributed by atoms with Crippen molar-refractivity contribution in [3.63, 3.8) is 0 Å². The predicted molar refractivity (Wildman–Crippen MR) is 60.8 cm³/mol. The summed E-state index contributed by atoms with van der Waals surface area (Å²) < 4.78 is 38.2. The molecule has 0 radical (unpaired) electrons. The number of aromatic nitrogens is 1. The molecular weight excluding hydrogens is 301 g/mol. The molecule has 7 heteroatoms. The summed E-state index contributed by atoms with van der Waals surface area (Å²) in [6, 6.07) is 1.50. The number of nitrogens with zero attached hydrogens (tertiary/aromatic N) is 1. The van der Waals surface area contributed by atoms with Gasteiger partial charge in [-0.1, -0.05) is 6.92 Å². The zero-order valence-corrected chi connectivity index (χ0v) is 10.7. The quantitative estimate of drug-likeness (QED) is 0.911. The third-order valence-electron chi connectivity index (χ3n) is 2.01. The number of alkyl halides is 3. The number of halogens is 4. The average molecular weight is 313 g/mol. The van der Waals surface area contributed by atoms with Gasteiger partial charge in [-0.3, -0.25) is 4.79 Å². The number of amides is 1. The second kappa shape index (κ2) is 5.57. The van der Waals surface area contributed by atoms with Crippen LogP contribution in [0.5, 0.6) is 0 Å². The molecule has 96 valence electrons. The van der Waals surface area contributed by atoms with Crippen LogP contribution in [-0.2, 0) is 6.54 Å². The van der Waals surface area contributed by atoms with Crippen LogP contribution in [0.2, 0.25) is 0 Å². The first-order valence-corrected chi connectivity index (χ1v) is 5.83. The average Bonchev–Trinajstić information content (AvgIpc) is 2.55. The van der Waals surface area contributed by atoms with Crippen molar-refractivity contribution >= 4 is 21.8 Å². The Morgan fingerprint density at radius 3 is 2.71 bits per heavy atom. The van der Waals surface area contributed by atoms with Crippen LogP contribution in [0.1, 0.15) is 23.8 Å². The van der Waals surface area contributed by atoms with Gasteiger partial charge in [0.05, 0.1) is 0 Å². The fraction of sp³-hybridized carbons (Fsp3) is 0.500. The van der Waals surface area contributed by atoms with Gasteiger partial charge in [0.25, 0.3) is 5.91 Å². The molecule has 0 bridgehead atoms. The summed E-state index contributed by atoms with van der Waals surface area (Å²) in [5.74, 6) is -0.721. The maximum Gasteiger partial charge on any atom is 0.405 e. The Morgan fingerprint density at radius 2 is 2.18 bits per heavy atom. The molecule has 0 atom stereocenters. The SMILES string of the molecule is CCCn1cc(Br)cc1C(=O)NCC(F)(F)F. The van der Waals surface area contributed by atoms with Crippen LogP contribution in [0.15, 0.2) is 16.7 Å². The van der Waals surface area contributed by atoms with E-state index in [9.17, 15) is 18.0 Å². The zero-order chi connectivity index (χ0) is 13.1. The van der Waals surface area contributed by atoms with Gasteiger partial charge in [0.15, 0.2) is 0 Å². The van der Waals surface area contributed by atoms with Crippen LogP contribution >= 0.6 is 15.9 Å². The van der Waals surface area contributed by atoms with Gasteiger partial charge in [0.2, 0.25) is 0 Å². The molecule has 1 amide bonds. The maximum absolute atomic E-state index is 12.0. The highest BCUT2D eigenvalue weighted by atomic mass is 79.9. The molecule has 0 spiro atoms. The van der Waals surface area contributed by atoms with E-state index < -0.39 is 18.6 Å². The molecule has 0 saturated carbocycles. The molecule has 0 aliphatic carbocycles. The number of hydrogen-bond donors (Lipinski definition) is 1. The number of carbonyl (C=O) groups excluding carboxylic acids is 1. The van der Waals surface area contributed by atoms with Gasteiger partial charge < -0.3 is 9.88 Å². The lowest BCUT2D eigenvalue weighted by molar-refractivity contribution is -0.123. The Labute approximate surface area is 105 Å². The summed E-state index contributed by atoms with van der Waals surface area (Å²) in [6.45, 7) is 1.19. The molecule has 1 aromatic rings. The fourth-order valence-electron chi connectivity index (χ4n) is 1.36. The molecule has 1 rings (SSSR count). The molecule has 3 nitrogen and oxygen atoms in total. The summed E-state index contributed by atoms with van der Waals surface area (Å²) in [4.78, 5) is 11.5. The smallest absolute Gasteiger partial charge is 0.342 e. The molecule has 1 N–H and O–H groups in total. The van der Waals surface area contributed by atoms with Gasteiger partial charge in [-0.15, -0.1) is 0 Å². The summed E-state index contributed by atoms with van der Waals surface area (Å²) in [6.07, 6.45) is -1.93. The van der Waals surface area contributed by atoms with Gasteiger partial charge in [-0.05, 0) is 28.4 Å². The zero-order valence-electron chi connectivity index (χ0n) is 9.14. The molecule has 0 aliphatic heterocycles. The second-order valence-electron chi connectivity index (χ2n) is 3.53. The van der Waals surface area contributed by atoms with Crippen molar-refractivity contribution in [3.05, 3.63) is 22.4 Å².